The second-order valence-electron chi connectivity index (χ2n) is 5.21. The normalized spacial score (nSPS) is 23.4. The van der Waals surface area contributed by atoms with Crippen LogP contribution in [0.4, 0.5) is 0 Å². The summed E-state index contributed by atoms with van der Waals surface area (Å²) in [6.07, 6.45) is 3.83. The van der Waals surface area contributed by atoms with Crippen molar-refractivity contribution in [1.29, 1.82) is 0 Å². The van der Waals surface area contributed by atoms with Gasteiger partial charge in [0, 0.05) is 24.8 Å². The van der Waals surface area contributed by atoms with Crippen LogP contribution < -0.4 is 17.0 Å². The molecule has 1 saturated carbocycles. The quantitative estimate of drug-likeness (QED) is 0.679. The van der Waals surface area contributed by atoms with Crippen LogP contribution >= 0.6 is 0 Å². The van der Waals surface area contributed by atoms with Crippen molar-refractivity contribution in [1.82, 2.24) is 14.3 Å². The van der Waals surface area contributed by atoms with Gasteiger partial charge in [0.05, 0.1) is 0 Å². The Morgan fingerprint density at radius 1 is 1.29 bits per heavy atom. The first-order valence-electron chi connectivity index (χ1n) is 6.95. The molecule has 21 heavy (non-hydrogen) atoms. The molecule has 0 aromatic carbocycles. The lowest BCUT2D eigenvalue weighted by molar-refractivity contribution is 0.247. The lowest BCUT2D eigenvalue weighted by Gasteiger charge is -2.34. The van der Waals surface area contributed by atoms with E-state index in [0.29, 0.717) is 12.8 Å². The summed E-state index contributed by atoms with van der Waals surface area (Å²) in [6, 6.07) is -0.0507. The molecule has 0 spiro atoms. The van der Waals surface area contributed by atoms with E-state index in [2.05, 4.69) is 4.98 Å². The third-order valence-electron chi connectivity index (χ3n) is 3.83. The Labute approximate surface area is 122 Å². The average Bonchev–Trinajstić information content (AvgIpc) is 2.41. The molecule has 0 amide bonds. The molecule has 118 valence electrons. The van der Waals surface area contributed by atoms with Gasteiger partial charge in [-0.25, -0.2) is 13.2 Å². The Balaban J connectivity index is 2.36. The van der Waals surface area contributed by atoms with Gasteiger partial charge in [0.15, 0.2) is 4.90 Å². The summed E-state index contributed by atoms with van der Waals surface area (Å²) in [5.41, 5.74) is 4.21. The molecule has 9 heteroatoms. The number of hydrogen-bond acceptors (Lipinski definition) is 5. The molecule has 0 saturated heterocycles. The highest BCUT2D eigenvalue weighted by Crippen LogP contribution is 2.25. The third-order valence-corrected chi connectivity index (χ3v) is 5.87. The summed E-state index contributed by atoms with van der Waals surface area (Å²) in [4.78, 5) is 26.5. The molecule has 0 atom stereocenters. The predicted octanol–water partition coefficient (Wildman–Crippen LogP) is -0.656. The van der Waals surface area contributed by atoms with E-state index in [4.69, 9.17) is 5.73 Å². The van der Waals surface area contributed by atoms with E-state index in [1.807, 2.05) is 4.98 Å². The highest BCUT2D eigenvalue weighted by molar-refractivity contribution is 7.89. The van der Waals surface area contributed by atoms with E-state index < -0.39 is 26.2 Å². The molecule has 1 fully saturated rings. The monoisotopic (exact) mass is 316 g/mol. The van der Waals surface area contributed by atoms with Gasteiger partial charge < -0.3 is 10.7 Å². The van der Waals surface area contributed by atoms with Crippen molar-refractivity contribution in [3.63, 3.8) is 0 Å². The Hall–Kier alpha value is -1.45. The smallest absolute Gasteiger partial charge is 0.325 e. The molecule has 0 aliphatic heterocycles. The van der Waals surface area contributed by atoms with Crippen LogP contribution in [0.3, 0.4) is 0 Å². The second kappa shape index (κ2) is 6.12. The molecule has 1 aromatic rings. The summed E-state index contributed by atoms with van der Waals surface area (Å²) in [5.74, 6) is 0. The fraction of sp³-hybridized carbons (Fsp3) is 0.667. The summed E-state index contributed by atoms with van der Waals surface area (Å²) in [5, 5.41) is 0. The minimum absolute atomic E-state index is 0.110. The zero-order valence-electron chi connectivity index (χ0n) is 11.8. The standard InChI is InChI=1S/C12H20N4O4S/c1-2-16(9-5-3-8(13)4-6-9)21(19,20)10-7-14-12(18)15-11(10)17/h7-9H,2-6,13H2,1H3,(H2,14,15,17,18). The Morgan fingerprint density at radius 3 is 2.43 bits per heavy atom. The molecule has 1 aliphatic carbocycles. The number of hydrogen-bond donors (Lipinski definition) is 3. The minimum Gasteiger partial charge on any atom is -0.328 e. The molecule has 0 radical (unpaired) electrons. The van der Waals surface area contributed by atoms with Gasteiger partial charge in [-0.1, -0.05) is 6.92 Å². The molecule has 0 unspecified atom stereocenters. The molecule has 1 heterocycles. The Kier molecular flexibility index (Phi) is 4.64. The summed E-state index contributed by atoms with van der Waals surface area (Å²) in [7, 11) is -3.94. The van der Waals surface area contributed by atoms with Crippen LogP contribution in [-0.4, -0.2) is 41.3 Å². The third kappa shape index (κ3) is 3.25. The highest BCUT2D eigenvalue weighted by Gasteiger charge is 2.34. The van der Waals surface area contributed by atoms with Crippen molar-refractivity contribution in [3.8, 4) is 0 Å². The lowest BCUT2D eigenvalue weighted by atomic mass is 9.92. The van der Waals surface area contributed by atoms with Crippen molar-refractivity contribution in [2.24, 2.45) is 5.73 Å². The number of rotatable bonds is 4. The fourth-order valence-corrected chi connectivity index (χ4v) is 4.42. The van der Waals surface area contributed by atoms with Gasteiger partial charge in [-0.05, 0) is 25.7 Å². The first-order valence-corrected chi connectivity index (χ1v) is 8.39. The van der Waals surface area contributed by atoms with Gasteiger partial charge >= 0.3 is 5.69 Å². The topological polar surface area (TPSA) is 129 Å². The molecule has 1 aliphatic rings. The van der Waals surface area contributed by atoms with Crippen molar-refractivity contribution < 1.29 is 8.42 Å². The zero-order valence-corrected chi connectivity index (χ0v) is 12.6. The molecule has 2 rings (SSSR count). The van der Waals surface area contributed by atoms with Gasteiger partial charge in [-0.3, -0.25) is 9.78 Å². The number of nitrogens with two attached hydrogens (primary N) is 1. The molecule has 0 bridgehead atoms. The van der Waals surface area contributed by atoms with Crippen LogP contribution in [0.2, 0.25) is 0 Å². The molecular weight excluding hydrogens is 296 g/mol. The minimum atomic E-state index is -3.94. The average molecular weight is 316 g/mol. The van der Waals surface area contributed by atoms with Gasteiger partial charge in [0.25, 0.3) is 5.56 Å². The number of sulfonamides is 1. The summed E-state index contributed by atoms with van der Waals surface area (Å²) >= 11 is 0. The van der Waals surface area contributed by atoms with Crippen LogP contribution in [0.1, 0.15) is 32.6 Å². The van der Waals surface area contributed by atoms with Crippen LogP contribution in [0.15, 0.2) is 20.7 Å². The van der Waals surface area contributed by atoms with E-state index in [1.165, 1.54) is 4.31 Å². The molecular formula is C12H20N4O4S. The van der Waals surface area contributed by atoms with E-state index >= 15 is 0 Å². The number of aromatic nitrogens is 2. The Morgan fingerprint density at radius 2 is 1.90 bits per heavy atom. The van der Waals surface area contributed by atoms with Crippen molar-refractivity contribution in [2.45, 2.75) is 49.6 Å². The summed E-state index contributed by atoms with van der Waals surface area (Å²) in [6.45, 7) is 1.99. The largest absolute Gasteiger partial charge is 0.328 e. The van der Waals surface area contributed by atoms with Gasteiger partial charge in [-0.15, -0.1) is 0 Å². The SMILES string of the molecule is CCN(C1CCC(N)CC1)S(=O)(=O)c1c[nH]c(=O)[nH]c1=O. The Bertz CT molecular complexity index is 700. The van der Waals surface area contributed by atoms with Crippen LogP contribution in [0.25, 0.3) is 0 Å². The molecule has 1 aromatic heterocycles. The maximum Gasteiger partial charge on any atom is 0.325 e. The lowest BCUT2D eigenvalue weighted by Crippen LogP contribution is -2.45. The number of nitrogens with zero attached hydrogens (tertiary/aromatic N) is 1. The van der Waals surface area contributed by atoms with Crippen LogP contribution in [-0.2, 0) is 10.0 Å². The van der Waals surface area contributed by atoms with E-state index in [-0.39, 0.29) is 18.6 Å². The highest BCUT2D eigenvalue weighted by atomic mass is 32.2. The van der Waals surface area contributed by atoms with Crippen LogP contribution in [0.5, 0.6) is 0 Å². The molecule has 4 N–H and O–H groups in total. The van der Waals surface area contributed by atoms with E-state index in [0.717, 1.165) is 19.0 Å². The van der Waals surface area contributed by atoms with Crippen molar-refractivity contribution in [3.05, 3.63) is 27.0 Å². The zero-order chi connectivity index (χ0) is 15.6. The predicted molar refractivity (Wildman–Crippen MR) is 77.5 cm³/mol. The summed E-state index contributed by atoms with van der Waals surface area (Å²) < 4.78 is 26.6. The van der Waals surface area contributed by atoms with E-state index in [1.54, 1.807) is 6.92 Å². The first kappa shape index (κ1) is 15.9. The maximum absolute atomic E-state index is 12.6. The second-order valence-corrected chi connectivity index (χ2v) is 7.07. The first-order chi connectivity index (χ1) is 9.86. The van der Waals surface area contributed by atoms with E-state index in [9.17, 15) is 18.0 Å². The van der Waals surface area contributed by atoms with Gasteiger partial charge in [-0.2, -0.15) is 4.31 Å². The number of nitrogens with one attached hydrogen (secondary N) is 2. The van der Waals surface area contributed by atoms with Gasteiger partial charge in [0.1, 0.15) is 0 Å². The fourth-order valence-electron chi connectivity index (χ4n) is 2.73. The van der Waals surface area contributed by atoms with Gasteiger partial charge in [0.2, 0.25) is 10.0 Å². The molecule has 8 nitrogen and oxygen atoms in total. The number of H-pyrrole nitrogens is 2. The maximum atomic E-state index is 12.6. The van der Waals surface area contributed by atoms with Crippen molar-refractivity contribution in [2.75, 3.05) is 6.54 Å². The van der Waals surface area contributed by atoms with Crippen LogP contribution in [0, 0.1) is 0 Å². The van der Waals surface area contributed by atoms with Crippen molar-refractivity contribution >= 4 is 10.0 Å². The number of aromatic amines is 2.